The topological polar surface area (TPSA) is 172 Å². The van der Waals surface area contributed by atoms with Gasteiger partial charge in [0.25, 0.3) is 0 Å². The van der Waals surface area contributed by atoms with Crippen molar-refractivity contribution >= 4 is 40.9 Å². The van der Waals surface area contributed by atoms with Crippen molar-refractivity contribution in [2.45, 2.75) is 219 Å². The number of aromatic carboxylic acids is 1. The molecule has 1 aliphatic carbocycles. The second-order valence-electron chi connectivity index (χ2n) is 22.2. The van der Waals surface area contributed by atoms with E-state index < -0.39 is 24.2 Å². The molecule has 456 valence electrons. The van der Waals surface area contributed by atoms with Gasteiger partial charge in [-0.3, -0.25) is 0 Å². The fourth-order valence-electron chi connectivity index (χ4n) is 10.8. The largest absolute Gasteiger partial charge is 0.478 e. The number of anilines is 1. The van der Waals surface area contributed by atoms with Gasteiger partial charge in [0.2, 0.25) is 5.36 Å². The maximum Gasteiger partial charge on any atom is 0.407 e. The number of amides is 3. The molecule has 4 rings (SSSR count). The fraction of sp³-hybridized carbons (Fsp3) is 0.632. The molecule has 0 bridgehead atoms. The summed E-state index contributed by atoms with van der Waals surface area (Å²) in [6.45, 7) is 10.8. The van der Waals surface area contributed by atoms with Crippen LogP contribution in [0.25, 0.3) is 33.4 Å². The predicted octanol–water partition coefficient (Wildman–Crippen LogP) is 17.0. The predicted molar refractivity (Wildman–Crippen MR) is 336 cm³/mol. The van der Waals surface area contributed by atoms with E-state index in [2.05, 4.69) is 36.4 Å². The van der Waals surface area contributed by atoms with Gasteiger partial charge in [-0.1, -0.05) is 231 Å². The lowest BCUT2D eigenvalue weighted by molar-refractivity contribution is 0.0697. The molecule has 2 aromatic rings. The number of ether oxygens (including phenoxy) is 3. The maximum absolute atomic E-state index is 12.8. The van der Waals surface area contributed by atoms with Crippen molar-refractivity contribution in [3.63, 3.8) is 0 Å². The van der Waals surface area contributed by atoms with E-state index in [9.17, 15) is 24.3 Å². The second kappa shape index (κ2) is 43.6. The molecule has 14 nitrogen and oxygen atoms in total. The van der Waals surface area contributed by atoms with Gasteiger partial charge in [-0.2, -0.15) is 0 Å². The summed E-state index contributed by atoms with van der Waals surface area (Å²) in [7, 11) is 1.50. The minimum Gasteiger partial charge on any atom is -0.478 e. The first-order chi connectivity index (χ1) is 40.2. The number of hydrogen-bond donors (Lipinski definition) is 4. The van der Waals surface area contributed by atoms with Crippen molar-refractivity contribution in [1.82, 2.24) is 20.5 Å². The van der Waals surface area contributed by atoms with Crippen LogP contribution in [0.4, 0.5) is 20.1 Å². The Morgan fingerprint density at radius 1 is 0.549 bits per heavy atom. The Labute approximate surface area is 492 Å². The standard InChI is InChI=1S/C68H105N5O9/c1-5-8-10-12-14-16-18-20-22-24-26-28-30-32-34-38-46-70-67(77)80-51-48-72(7-3)56-42-44-60-62(54-56)82-63-55-57(43-45-61(63)64(60)58-40-36-37-41-59(58)65(74)75)73(49-52-79-66(76)69-4)50-53-81-68(78)71-47-39-35-33-31-29-27-25-23-21-19-17-15-13-11-9-6-2/h7,36-37,40-45,54-55H,3,5-6,8-35,38-39,46-53H2,1-2,4H3,(H3-,69,70,71,74,75,76,77,78)/p+1. The number of hydrogen-bond acceptors (Lipinski definition) is 9. The normalized spacial score (nSPS) is 11.6. The van der Waals surface area contributed by atoms with E-state index in [0.29, 0.717) is 58.4 Å². The molecular formula is C68H106N5O9+. The number of fused-ring (bicyclic) bond motifs is 2. The highest BCUT2D eigenvalue weighted by Gasteiger charge is 2.23. The number of unbranched alkanes of at least 4 members (excludes halogenated alkanes) is 30. The third kappa shape index (κ3) is 27.8. The van der Waals surface area contributed by atoms with E-state index in [4.69, 9.17) is 18.6 Å². The summed E-state index contributed by atoms with van der Waals surface area (Å²) < 4.78 is 25.3. The molecule has 0 aromatic heterocycles. The highest BCUT2D eigenvalue weighted by Crippen LogP contribution is 2.42. The lowest BCUT2D eigenvalue weighted by Crippen LogP contribution is -2.37. The SMILES string of the molecule is C=CN(CCOC(=O)NCCCCCCCCCCCCCCCCCC)c1ccc2c(-c3ccccc3C(=O)O)c3cc/c(=[N+](/CCOC(=O)NC)CCOC(=O)NCCCCCCCCCCCCCCCCCC)cc-3oc2c1. The Hall–Kier alpha value is -6.05. The molecule has 3 amide bonds. The molecule has 0 saturated heterocycles. The average molecular weight is 1140 g/mol. The molecule has 0 saturated carbocycles. The van der Waals surface area contributed by atoms with Gasteiger partial charge in [0, 0.05) is 54.5 Å². The van der Waals surface area contributed by atoms with Crippen molar-refractivity contribution in [3.05, 3.63) is 84.4 Å². The van der Waals surface area contributed by atoms with Gasteiger partial charge in [-0.05, 0) is 48.9 Å². The first-order valence-corrected chi connectivity index (χ1v) is 32.2. The maximum atomic E-state index is 12.8. The Kier molecular flexibility index (Phi) is 36.4. The molecule has 82 heavy (non-hydrogen) atoms. The van der Waals surface area contributed by atoms with Crippen LogP contribution in [0.5, 0.6) is 0 Å². The van der Waals surface area contributed by atoms with Crippen LogP contribution in [0.1, 0.15) is 230 Å². The molecule has 0 fully saturated rings. The molecule has 0 radical (unpaired) electrons. The Morgan fingerprint density at radius 3 is 1.46 bits per heavy atom. The zero-order valence-corrected chi connectivity index (χ0v) is 50.9. The average Bonchev–Trinajstić information content (AvgIpc) is 3.59. The first kappa shape index (κ1) is 68.4. The van der Waals surface area contributed by atoms with E-state index in [0.717, 1.165) is 37.8 Å². The summed E-state index contributed by atoms with van der Waals surface area (Å²) in [4.78, 5) is 52.1. The highest BCUT2D eigenvalue weighted by molar-refractivity contribution is 6.07. The van der Waals surface area contributed by atoms with Crippen molar-refractivity contribution in [2.75, 3.05) is 64.5 Å². The Bertz CT molecular complexity index is 2450. The second-order valence-corrected chi connectivity index (χ2v) is 22.2. The number of carbonyl (C=O) groups is 4. The third-order valence-electron chi connectivity index (χ3n) is 15.6. The minimum atomic E-state index is -1.06. The summed E-state index contributed by atoms with van der Waals surface area (Å²) in [6, 6.07) is 18.2. The van der Waals surface area contributed by atoms with E-state index in [1.54, 1.807) is 24.4 Å². The molecule has 0 atom stereocenters. The van der Waals surface area contributed by atoms with Crippen molar-refractivity contribution < 1.29 is 42.9 Å². The summed E-state index contributed by atoms with van der Waals surface area (Å²) >= 11 is 0. The number of carbonyl (C=O) groups excluding carboxylic acids is 3. The van der Waals surface area contributed by atoms with E-state index in [1.165, 1.54) is 180 Å². The van der Waals surface area contributed by atoms with Crippen LogP contribution in [0, 0.1) is 0 Å². The summed E-state index contributed by atoms with van der Waals surface area (Å²) in [5.74, 6) is -0.587. The minimum absolute atomic E-state index is 0.0565. The molecule has 14 heteroatoms. The number of rotatable bonds is 47. The molecular weight excluding hydrogens is 1030 g/mol. The third-order valence-corrected chi connectivity index (χ3v) is 15.6. The molecule has 2 aromatic carbocycles. The van der Waals surface area contributed by atoms with E-state index >= 15 is 0 Å². The van der Waals surface area contributed by atoms with Crippen LogP contribution < -0.4 is 30.8 Å². The van der Waals surface area contributed by atoms with E-state index in [-0.39, 0.29) is 38.5 Å². The molecule has 0 unspecified atom stereocenters. The van der Waals surface area contributed by atoms with Crippen LogP contribution >= 0.6 is 0 Å². The zero-order valence-electron chi connectivity index (χ0n) is 50.9. The van der Waals surface area contributed by atoms with Gasteiger partial charge in [0.1, 0.15) is 18.0 Å². The lowest BCUT2D eigenvalue weighted by Gasteiger charge is -2.22. The first-order valence-electron chi connectivity index (χ1n) is 32.2. The smallest absolute Gasteiger partial charge is 0.407 e. The van der Waals surface area contributed by atoms with Gasteiger partial charge >= 0.3 is 24.2 Å². The van der Waals surface area contributed by atoms with Gasteiger partial charge in [-0.15, -0.1) is 0 Å². The number of nitrogens with one attached hydrogen (secondary N) is 3. The number of nitrogens with zero attached hydrogens (tertiary/aromatic N) is 2. The van der Waals surface area contributed by atoms with Crippen molar-refractivity contribution in [3.8, 4) is 22.5 Å². The number of benzene rings is 3. The zero-order chi connectivity index (χ0) is 58.7. The lowest BCUT2D eigenvalue weighted by atomic mass is 9.90. The Morgan fingerprint density at radius 2 is 1.00 bits per heavy atom. The molecule has 4 N–H and O–H groups in total. The number of alkyl carbamates (subject to hydrolysis) is 3. The molecule has 1 aliphatic heterocycles. The van der Waals surface area contributed by atoms with Gasteiger partial charge in [-0.25, -0.2) is 23.8 Å². The summed E-state index contributed by atoms with van der Waals surface area (Å²) in [5.41, 5.74) is 3.25. The number of carboxylic acids is 1. The van der Waals surface area contributed by atoms with Crippen molar-refractivity contribution in [1.29, 1.82) is 0 Å². The van der Waals surface area contributed by atoms with Crippen LogP contribution in [-0.4, -0.2) is 88.9 Å². The van der Waals surface area contributed by atoms with Crippen molar-refractivity contribution in [2.24, 2.45) is 0 Å². The van der Waals surface area contributed by atoms with Crippen LogP contribution in [-0.2, 0) is 14.2 Å². The highest BCUT2D eigenvalue weighted by atomic mass is 16.6. The molecule has 0 spiro atoms. The molecule has 1 heterocycles. The fourth-order valence-corrected chi connectivity index (χ4v) is 10.8. The quantitative estimate of drug-likeness (QED) is 0.0144. The monoisotopic (exact) mass is 1140 g/mol. The van der Waals surface area contributed by atoms with Crippen LogP contribution in [0.2, 0.25) is 0 Å². The van der Waals surface area contributed by atoms with Gasteiger partial charge in [0.15, 0.2) is 26.3 Å². The summed E-state index contributed by atoms with van der Waals surface area (Å²) in [6.07, 6.45) is 41.5. The van der Waals surface area contributed by atoms with E-state index in [1.807, 2.05) is 51.9 Å². The summed E-state index contributed by atoms with van der Waals surface area (Å²) in [5, 5.41) is 20.0. The van der Waals surface area contributed by atoms with Gasteiger partial charge in [0.05, 0.1) is 18.2 Å². The number of carboxylic acid groups (broad SMARTS) is 1. The van der Waals surface area contributed by atoms with Crippen LogP contribution in [0.15, 0.2) is 77.9 Å². The van der Waals surface area contributed by atoms with Gasteiger partial charge < -0.3 is 44.6 Å². The Balaban J connectivity index is 1.32. The van der Waals surface area contributed by atoms with Crippen LogP contribution in [0.3, 0.4) is 0 Å². The molecule has 2 aliphatic rings.